The maximum atomic E-state index is 13.5. The second-order valence-corrected chi connectivity index (χ2v) is 10.2. The molecule has 0 radical (unpaired) electrons. The fraction of sp³-hybridized carbons (Fsp3) is 0.185. The Morgan fingerprint density at radius 2 is 1.55 bits per heavy atom. The van der Waals surface area contributed by atoms with Crippen molar-refractivity contribution < 1.29 is 37.5 Å². The van der Waals surface area contributed by atoms with Gasteiger partial charge in [-0.1, -0.05) is 52.3 Å². The predicted molar refractivity (Wildman–Crippen MR) is 140 cm³/mol. The number of carboxylic acids is 1. The van der Waals surface area contributed by atoms with Crippen LogP contribution in [0.1, 0.15) is 55.4 Å². The Kier molecular flexibility index (Phi) is 9.87. The van der Waals surface area contributed by atoms with Crippen molar-refractivity contribution in [2.45, 2.75) is 29.2 Å². The van der Waals surface area contributed by atoms with Crippen LogP contribution in [0.3, 0.4) is 0 Å². The third kappa shape index (κ3) is 8.56. The lowest BCUT2D eigenvalue weighted by atomic mass is 9.85. The van der Waals surface area contributed by atoms with Crippen LogP contribution in [0.4, 0.5) is 13.2 Å². The van der Waals surface area contributed by atoms with Crippen LogP contribution in [0.2, 0.25) is 0 Å². The van der Waals surface area contributed by atoms with Crippen LogP contribution in [0, 0.1) is 0 Å². The fourth-order valence-electron chi connectivity index (χ4n) is 3.63. The third-order valence-corrected chi connectivity index (χ3v) is 6.62. The second-order valence-electron chi connectivity index (χ2n) is 8.15. The van der Waals surface area contributed by atoms with Crippen molar-refractivity contribution in [1.29, 1.82) is 0 Å². The van der Waals surface area contributed by atoms with Crippen LogP contribution in [0.15, 0.2) is 82.2 Å². The van der Waals surface area contributed by atoms with Crippen LogP contribution in [-0.2, 0) is 4.79 Å². The zero-order chi connectivity index (χ0) is 27.9. The lowest BCUT2D eigenvalue weighted by molar-refractivity contribution is -0.136. The van der Waals surface area contributed by atoms with Crippen molar-refractivity contribution in [3.05, 3.63) is 99.5 Å². The van der Waals surface area contributed by atoms with Gasteiger partial charge < -0.3 is 10.4 Å². The van der Waals surface area contributed by atoms with E-state index in [0.717, 1.165) is 6.07 Å². The first kappa shape index (κ1) is 29.1. The number of thioether (sulfide) groups is 1. The molecule has 0 saturated carbocycles. The Labute approximate surface area is 228 Å². The van der Waals surface area contributed by atoms with Gasteiger partial charge >= 0.3 is 11.5 Å². The molecule has 1 unspecified atom stereocenters. The maximum absolute atomic E-state index is 13.5. The molecule has 0 heterocycles. The van der Waals surface area contributed by atoms with E-state index in [2.05, 4.69) is 21.2 Å². The SMILES string of the molecule is O=C(O)CCNC(=O)c1ccc(C(CC(=O)c2cccc(SC(F)(F)F)c2)C(=O)c2cccc(Br)c2)cc1. The minimum Gasteiger partial charge on any atom is -0.481 e. The maximum Gasteiger partial charge on any atom is 0.446 e. The van der Waals surface area contributed by atoms with Crippen molar-refractivity contribution in [1.82, 2.24) is 5.32 Å². The quantitative estimate of drug-likeness (QED) is 0.190. The van der Waals surface area contributed by atoms with Gasteiger partial charge in [0.1, 0.15) is 0 Å². The molecule has 0 aliphatic rings. The van der Waals surface area contributed by atoms with Crippen LogP contribution in [0.5, 0.6) is 0 Å². The van der Waals surface area contributed by atoms with Crippen molar-refractivity contribution in [3.8, 4) is 0 Å². The number of carbonyl (C=O) groups excluding carboxylic acids is 3. The number of ketones is 2. The number of halogens is 4. The molecule has 1 amide bonds. The first-order valence-corrected chi connectivity index (χ1v) is 12.8. The number of aliphatic carboxylic acids is 1. The van der Waals surface area contributed by atoms with E-state index in [1.165, 1.54) is 42.5 Å². The van der Waals surface area contributed by atoms with E-state index in [9.17, 15) is 32.3 Å². The molecule has 198 valence electrons. The van der Waals surface area contributed by atoms with Crippen molar-refractivity contribution in [3.63, 3.8) is 0 Å². The summed E-state index contributed by atoms with van der Waals surface area (Å²) in [6, 6.07) is 17.7. The number of nitrogens with one attached hydrogen (secondary N) is 1. The summed E-state index contributed by atoms with van der Waals surface area (Å²) in [7, 11) is 0. The minimum atomic E-state index is -4.51. The molecule has 1 atom stereocenters. The molecule has 3 rings (SSSR count). The molecule has 38 heavy (non-hydrogen) atoms. The first-order chi connectivity index (χ1) is 17.9. The Bertz CT molecular complexity index is 1350. The Morgan fingerprint density at radius 3 is 2.18 bits per heavy atom. The lowest BCUT2D eigenvalue weighted by Crippen LogP contribution is -2.26. The topological polar surface area (TPSA) is 101 Å². The Balaban J connectivity index is 1.88. The van der Waals surface area contributed by atoms with E-state index in [0.29, 0.717) is 15.6 Å². The number of carboxylic acid groups (broad SMARTS) is 1. The van der Waals surface area contributed by atoms with Crippen LogP contribution < -0.4 is 5.32 Å². The highest BCUT2D eigenvalue weighted by Gasteiger charge is 2.30. The van der Waals surface area contributed by atoms with Gasteiger partial charge in [-0.25, -0.2) is 0 Å². The van der Waals surface area contributed by atoms with E-state index in [4.69, 9.17) is 5.11 Å². The van der Waals surface area contributed by atoms with Gasteiger partial charge in [0.05, 0.1) is 12.3 Å². The molecule has 6 nitrogen and oxygen atoms in total. The summed E-state index contributed by atoms with van der Waals surface area (Å²) in [5, 5.41) is 11.2. The zero-order valence-electron chi connectivity index (χ0n) is 19.6. The van der Waals surface area contributed by atoms with Gasteiger partial charge in [0.25, 0.3) is 5.91 Å². The number of rotatable bonds is 11. The summed E-state index contributed by atoms with van der Waals surface area (Å²) in [5.41, 5.74) is -3.47. The Morgan fingerprint density at radius 1 is 0.895 bits per heavy atom. The van der Waals surface area contributed by atoms with Gasteiger partial charge in [-0.3, -0.25) is 19.2 Å². The summed E-state index contributed by atoms with van der Waals surface area (Å²) in [5.74, 6) is -3.41. The highest BCUT2D eigenvalue weighted by molar-refractivity contribution is 9.10. The summed E-state index contributed by atoms with van der Waals surface area (Å²) >= 11 is 2.98. The van der Waals surface area contributed by atoms with E-state index in [1.54, 1.807) is 24.3 Å². The van der Waals surface area contributed by atoms with Crippen molar-refractivity contribution >= 4 is 51.1 Å². The van der Waals surface area contributed by atoms with Gasteiger partial charge in [-0.2, -0.15) is 13.2 Å². The molecule has 11 heteroatoms. The van der Waals surface area contributed by atoms with Crippen molar-refractivity contribution in [2.75, 3.05) is 6.54 Å². The standard InChI is InChI=1S/C27H21BrF3NO5S/c28-20-5-1-4-19(13-20)25(36)22(15-23(33)18-3-2-6-21(14-18)38-27(29,30)31)16-7-9-17(10-8-16)26(37)32-12-11-24(34)35/h1-10,13-14,22H,11-12,15H2,(H,32,37)(H,34,35). The van der Waals surface area contributed by atoms with Gasteiger partial charge in [0.2, 0.25) is 0 Å². The molecule has 2 N–H and O–H groups in total. The number of benzene rings is 3. The molecular weight excluding hydrogens is 587 g/mol. The number of hydrogen-bond acceptors (Lipinski definition) is 5. The number of hydrogen-bond donors (Lipinski definition) is 2. The number of amides is 1. The monoisotopic (exact) mass is 607 g/mol. The average molecular weight is 608 g/mol. The third-order valence-electron chi connectivity index (χ3n) is 5.40. The molecule has 3 aromatic carbocycles. The van der Waals surface area contributed by atoms with Gasteiger partial charge in [0, 0.05) is 39.0 Å². The average Bonchev–Trinajstić information content (AvgIpc) is 2.85. The normalized spacial score (nSPS) is 12.0. The van der Waals surface area contributed by atoms with Gasteiger partial charge in [-0.15, -0.1) is 0 Å². The molecule has 3 aromatic rings. The van der Waals surface area contributed by atoms with Crippen LogP contribution in [-0.4, -0.2) is 40.6 Å². The lowest BCUT2D eigenvalue weighted by Gasteiger charge is -2.17. The summed E-state index contributed by atoms with van der Waals surface area (Å²) < 4.78 is 39.1. The minimum absolute atomic E-state index is 0.0423. The molecule has 0 fully saturated rings. The number of alkyl halides is 3. The smallest absolute Gasteiger partial charge is 0.446 e. The molecular formula is C27H21BrF3NO5S. The van der Waals surface area contributed by atoms with E-state index in [-0.39, 0.29) is 53.0 Å². The zero-order valence-corrected chi connectivity index (χ0v) is 22.0. The fourth-order valence-corrected chi connectivity index (χ4v) is 4.63. The van der Waals surface area contributed by atoms with E-state index < -0.39 is 29.1 Å². The van der Waals surface area contributed by atoms with E-state index in [1.807, 2.05) is 0 Å². The Hall–Kier alpha value is -3.44. The predicted octanol–water partition coefficient (Wildman–Crippen LogP) is 6.51. The molecule has 0 aliphatic heterocycles. The summed E-state index contributed by atoms with van der Waals surface area (Å²) in [4.78, 5) is 49.4. The molecule has 0 spiro atoms. The van der Waals surface area contributed by atoms with Crippen molar-refractivity contribution in [2.24, 2.45) is 0 Å². The molecule has 0 aliphatic carbocycles. The van der Waals surface area contributed by atoms with E-state index >= 15 is 0 Å². The van der Waals surface area contributed by atoms with Gasteiger partial charge in [0.15, 0.2) is 11.6 Å². The summed E-state index contributed by atoms with van der Waals surface area (Å²) in [6.07, 6.45) is -0.548. The van der Waals surface area contributed by atoms with Gasteiger partial charge in [-0.05, 0) is 53.7 Å². The highest BCUT2D eigenvalue weighted by Crippen LogP contribution is 2.37. The molecule has 0 bridgehead atoms. The highest BCUT2D eigenvalue weighted by atomic mass is 79.9. The van der Waals surface area contributed by atoms with Crippen LogP contribution in [0.25, 0.3) is 0 Å². The number of Topliss-reactive ketones (excluding diaryl/α,β-unsaturated/α-hetero) is 2. The second kappa shape index (κ2) is 12.9. The largest absolute Gasteiger partial charge is 0.481 e. The molecule has 0 saturated heterocycles. The molecule has 0 aromatic heterocycles. The van der Waals surface area contributed by atoms with Crippen LogP contribution >= 0.6 is 27.7 Å². The number of carbonyl (C=O) groups is 4. The summed E-state index contributed by atoms with van der Waals surface area (Å²) in [6.45, 7) is -0.0555. The first-order valence-electron chi connectivity index (χ1n) is 11.2.